The van der Waals surface area contributed by atoms with E-state index < -0.39 is 35.4 Å². The van der Waals surface area contributed by atoms with Crippen molar-refractivity contribution in [3.8, 4) is 5.75 Å². The molecule has 35 heteroatoms. The molecule has 1 unspecified atom stereocenters. The monoisotopic (exact) mass is 1630 g/mol. The first-order valence-electron chi connectivity index (χ1n) is 38.2. The Morgan fingerprint density at radius 3 is 1.56 bits per heavy atom. The van der Waals surface area contributed by atoms with Crippen LogP contribution in [0.5, 0.6) is 5.75 Å². The Kier molecular flexibility index (Phi) is 24.3. The lowest BCUT2D eigenvalue weighted by Gasteiger charge is -2.17. The second kappa shape index (κ2) is 35.0. The van der Waals surface area contributed by atoms with Gasteiger partial charge in [-0.25, -0.2) is 15.0 Å². The number of carbonyl (C=O) groups excluding carboxylic acids is 13. The Bertz CT molecular complexity index is 6120. The van der Waals surface area contributed by atoms with Gasteiger partial charge in [0, 0.05) is 212 Å². The van der Waals surface area contributed by atoms with Crippen molar-refractivity contribution in [2.24, 2.45) is 56.4 Å². The van der Waals surface area contributed by atoms with E-state index in [1.807, 2.05) is 42.5 Å². The van der Waals surface area contributed by atoms with Crippen molar-refractivity contribution in [2.45, 2.75) is 77.0 Å². The summed E-state index contributed by atoms with van der Waals surface area (Å²) in [7, 11) is 13.1. The smallest absolute Gasteiger partial charge is 0.291 e. The number of alkyl halides is 1. The number of phenols is 1. The highest BCUT2D eigenvalue weighted by Gasteiger charge is 2.36. The molecule has 34 nitrogen and oxygen atoms in total. The molecule has 119 heavy (non-hydrogen) atoms. The highest BCUT2D eigenvalue weighted by molar-refractivity contribution is 6.19. The van der Waals surface area contributed by atoms with E-state index in [9.17, 15) is 67.4 Å². The molecule has 1 atom stereocenters. The van der Waals surface area contributed by atoms with Gasteiger partial charge >= 0.3 is 0 Å². The summed E-state index contributed by atoms with van der Waals surface area (Å²) in [5, 5.41) is 32.0. The van der Waals surface area contributed by atoms with Crippen molar-refractivity contribution in [1.82, 2.24) is 67.1 Å². The topological polar surface area (TPSA) is 423 Å². The van der Waals surface area contributed by atoms with Crippen LogP contribution in [0.1, 0.15) is 174 Å². The highest BCUT2D eigenvalue weighted by atomic mass is 35.5. The van der Waals surface area contributed by atoms with Crippen molar-refractivity contribution in [3.63, 3.8) is 0 Å². The van der Waals surface area contributed by atoms with E-state index in [-0.39, 0.29) is 175 Å². The number of rotatable bonds is 34. The van der Waals surface area contributed by atoms with Crippen LogP contribution in [0.15, 0.2) is 135 Å². The van der Waals surface area contributed by atoms with Gasteiger partial charge in [0.25, 0.3) is 35.4 Å². The van der Waals surface area contributed by atoms with Crippen LogP contribution in [0, 0.1) is 0 Å². The third-order valence-electron chi connectivity index (χ3n) is 20.5. The van der Waals surface area contributed by atoms with Gasteiger partial charge in [0.2, 0.25) is 23.5 Å². The lowest BCUT2D eigenvalue weighted by molar-refractivity contribution is -0.119. The number of H-pyrrole nitrogens is 1. The summed E-state index contributed by atoms with van der Waals surface area (Å²) in [5.41, 5.74) is 7.13. The Balaban J connectivity index is 0.497. The molecule has 9 N–H and O–H groups in total. The van der Waals surface area contributed by atoms with E-state index >= 15 is 0 Å². The molecule has 1 aliphatic rings. The Morgan fingerprint density at radius 2 is 0.983 bits per heavy atom. The number of ketones is 5. The molecule has 10 heterocycles. The van der Waals surface area contributed by atoms with Crippen LogP contribution < -0.4 is 42.1 Å². The van der Waals surface area contributed by atoms with E-state index in [0.717, 1.165) is 21.9 Å². The number of aryl methyl sites for hydroxylation is 8. The fourth-order valence-corrected chi connectivity index (χ4v) is 15.1. The maximum atomic E-state index is 14.1. The number of Topliss-reactive ketones (excluding diaryl/α,β-unsaturated/α-hetero) is 5. The number of carbonyl (C=O) groups is 13. The number of aromatic amines is 1. The SMILES string of the molecule is CC(=O)Nc1cn(C)c(C(=O)Nc2cc(C(=O)Nc3cc(C(=O)NCCC(=O)Nc4cn(C)c(C(=O)Nc5cc(C(=O)NCCCC(=O)Cc6cc(C(=O)Cc7cn(C)c(C(=O)CCCC(=O)Cc8cc(C(=O)Cc9ccc%10cc(C(=O)N%11CC(CCl)c%12c%11cc(O)c%11ccccc%12%11)[nH]c%10c9)n(C)c8)n7)n(C)c6)n(C)c5)n4)n(C)c3)n(C)c2)n1. The van der Waals surface area contributed by atoms with Gasteiger partial charge in [-0.15, -0.1) is 11.6 Å². The molecule has 614 valence electrons. The fourth-order valence-electron chi connectivity index (χ4n) is 14.9. The summed E-state index contributed by atoms with van der Waals surface area (Å²) in [5.74, 6) is -4.27. The number of fused-ring (bicyclic) bond motifs is 4. The van der Waals surface area contributed by atoms with Gasteiger partial charge in [-0.2, -0.15) is 0 Å². The summed E-state index contributed by atoms with van der Waals surface area (Å²) in [6.07, 6.45) is 13.3. The number of hydrogen-bond acceptors (Lipinski definition) is 17. The Hall–Kier alpha value is -14.3. The first-order chi connectivity index (χ1) is 56.8. The molecular weight excluding hydrogens is 1550 g/mol. The first-order valence-corrected chi connectivity index (χ1v) is 38.7. The zero-order valence-electron chi connectivity index (χ0n) is 66.7. The maximum Gasteiger partial charge on any atom is 0.291 e. The minimum atomic E-state index is -0.644. The number of imidazole rings is 3. The quantitative estimate of drug-likeness (QED) is 0.0103. The van der Waals surface area contributed by atoms with Crippen molar-refractivity contribution < 1.29 is 67.4 Å². The largest absolute Gasteiger partial charge is 0.507 e. The Morgan fingerprint density at radius 1 is 0.462 bits per heavy atom. The number of phenolic OH excluding ortho intramolecular Hbond substituents is 1. The molecule has 12 aromatic rings. The predicted octanol–water partition coefficient (Wildman–Crippen LogP) is 8.71. The van der Waals surface area contributed by atoms with Gasteiger partial charge in [-0.1, -0.05) is 36.4 Å². The number of halogens is 1. The highest BCUT2D eigenvalue weighted by Crippen LogP contribution is 2.46. The number of anilines is 6. The normalized spacial score (nSPS) is 12.4. The zero-order valence-corrected chi connectivity index (χ0v) is 67.4. The average Bonchev–Trinajstić information content (AvgIpc) is 1.61. The van der Waals surface area contributed by atoms with Crippen molar-refractivity contribution in [3.05, 3.63) is 214 Å². The fraction of sp³-hybridized carbons (Fsp3) is 0.286. The third-order valence-corrected chi connectivity index (χ3v) is 20.9. The number of nitrogens with zero attached hydrogens (tertiary/aromatic N) is 12. The second-order valence-corrected chi connectivity index (χ2v) is 30.1. The average molecular weight is 1640 g/mol. The molecule has 9 aromatic heterocycles. The molecule has 13 rings (SSSR count). The lowest BCUT2D eigenvalue weighted by atomic mass is 9.95. The van der Waals surface area contributed by atoms with Gasteiger partial charge in [0.15, 0.2) is 34.8 Å². The van der Waals surface area contributed by atoms with E-state index in [4.69, 9.17) is 11.6 Å². The summed E-state index contributed by atoms with van der Waals surface area (Å²) in [6.45, 7) is 1.74. The van der Waals surface area contributed by atoms with Gasteiger partial charge in [0.05, 0.1) is 46.3 Å². The minimum absolute atomic E-state index is 0.0216. The molecule has 0 saturated carbocycles. The van der Waals surface area contributed by atoms with Gasteiger partial charge < -0.3 is 88.7 Å². The standard InChI is InChI=1S/C84H87ClN20O14/c1-46(106)88-72-44-103(8)77(95-72)82(117)92-54-33-67(101(6)42-54)81(116)90-52-31-66(99(4)40-52)80(115)87-23-21-74(113)94-73-45-104(9)78(96-73)83(118)91-53-32-65(100(5)41-53)79(114)86-22-13-15-57(108)25-49-28-63(98(3)38-49)71(112)34-55-43-102(7)76(89-55)68(109)18-12-14-56(107)24-48-27-62(97(2)37-48)70(111)29-47-19-20-50-30-61(93-60(50)26-47)84(119)105-39-51(36-85)75-59-17-11-10-16-58(59)69(110)35-64(75)105/h10-11,16-17,19-20,26-28,30-33,35,37-38,40-45,51,93,110H,12-15,18,21-25,29,34,36,39H2,1-9H3,(H,86,114)(H,87,115)(H,88,106)(H,90,116)(H,91,118)(H,92,117)(H,94,113). The summed E-state index contributed by atoms with van der Waals surface area (Å²) < 4.78 is 12.2. The summed E-state index contributed by atoms with van der Waals surface area (Å²) in [6, 6.07) is 24.2. The first kappa shape index (κ1) is 82.7. The van der Waals surface area contributed by atoms with Crippen LogP contribution in [0.4, 0.5) is 34.4 Å². The maximum absolute atomic E-state index is 14.1. The van der Waals surface area contributed by atoms with Gasteiger partial charge in [0.1, 0.15) is 40.1 Å². The molecule has 1 aliphatic heterocycles. The van der Waals surface area contributed by atoms with Crippen molar-refractivity contribution in [2.75, 3.05) is 57.0 Å². The van der Waals surface area contributed by atoms with E-state index in [2.05, 4.69) is 57.2 Å². The molecular formula is C84H87ClN20O14. The van der Waals surface area contributed by atoms with E-state index in [1.54, 1.807) is 118 Å². The van der Waals surface area contributed by atoms with Crippen LogP contribution in [-0.2, 0) is 101 Å². The molecule has 0 saturated heterocycles. The summed E-state index contributed by atoms with van der Waals surface area (Å²) >= 11 is 6.44. The lowest BCUT2D eigenvalue weighted by Crippen LogP contribution is -2.30. The van der Waals surface area contributed by atoms with Gasteiger partial charge in [-0.05, 0) is 82.9 Å². The van der Waals surface area contributed by atoms with Crippen LogP contribution in [0.25, 0.3) is 21.7 Å². The van der Waals surface area contributed by atoms with Crippen LogP contribution in [0.3, 0.4) is 0 Å². The molecule has 0 spiro atoms. The molecule has 3 aromatic carbocycles. The van der Waals surface area contributed by atoms with Crippen LogP contribution in [-0.4, -0.2) is 163 Å². The van der Waals surface area contributed by atoms with E-state index in [0.29, 0.717) is 80.7 Å². The number of amides is 8. The number of nitrogens with one attached hydrogen (secondary N) is 8. The summed E-state index contributed by atoms with van der Waals surface area (Å²) in [4.78, 5) is 190. The van der Waals surface area contributed by atoms with Crippen molar-refractivity contribution in [1.29, 1.82) is 0 Å². The second-order valence-electron chi connectivity index (χ2n) is 29.8. The minimum Gasteiger partial charge on any atom is -0.507 e. The van der Waals surface area contributed by atoms with Gasteiger partial charge in [-0.3, -0.25) is 62.3 Å². The predicted molar refractivity (Wildman–Crippen MR) is 443 cm³/mol. The third kappa shape index (κ3) is 18.8. The van der Waals surface area contributed by atoms with E-state index in [1.165, 1.54) is 78.9 Å². The van der Waals surface area contributed by atoms with Crippen LogP contribution in [0.2, 0.25) is 0 Å². The number of benzene rings is 3. The number of hydrogen-bond donors (Lipinski definition) is 9. The molecule has 0 fully saturated rings. The van der Waals surface area contributed by atoms with Crippen LogP contribution >= 0.6 is 11.6 Å². The number of aromatic hydroxyl groups is 1. The molecule has 0 aliphatic carbocycles. The van der Waals surface area contributed by atoms with Crippen molar-refractivity contribution >= 4 is 144 Å². The zero-order chi connectivity index (χ0) is 84.9. The molecule has 0 radical (unpaired) electrons. The number of aromatic nitrogens is 12. The Labute approximate surface area is 685 Å². The molecule has 8 amide bonds. The molecule has 0 bridgehead atoms.